The summed E-state index contributed by atoms with van der Waals surface area (Å²) in [6.45, 7) is 2.31. The van der Waals surface area contributed by atoms with Crippen LogP contribution in [0, 0.1) is 0 Å². The molecule has 0 bridgehead atoms. The lowest BCUT2D eigenvalue weighted by molar-refractivity contribution is 0.590. The highest BCUT2D eigenvalue weighted by atomic mass is 15.3. The first-order chi connectivity index (χ1) is 8.65. The highest BCUT2D eigenvalue weighted by molar-refractivity contribution is 5.64. The molecule has 0 amide bonds. The van der Waals surface area contributed by atoms with E-state index in [2.05, 4.69) is 30.2 Å². The molecule has 3 rings (SSSR count). The lowest BCUT2D eigenvalue weighted by Crippen LogP contribution is -2.06. The average Bonchev–Trinajstić information content (AvgIpc) is 2.70. The molecule has 0 saturated heterocycles. The lowest BCUT2D eigenvalue weighted by atomic mass is 9.83. The first kappa shape index (κ1) is 11.3. The third-order valence-corrected chi connectivity index (χ3v) is 3.97. The summed E-state index contributed by atoms with van der Waals surface area (Å²) in [7, 11) is 1.87. The van der Waals surface area contributed by atoms with Crippen LogP contribution in [-0.2, 0) is 13.5 Å². The second-order valence-electron chi connectivity index (χ2n) is 5.28. The van der Waals surface area contributed by atoms with Gasteiger partial charge in [0.1, 0.15) is 5.82 Å². The molecule has 1 aromatic heterocycles. The third-order valence-electron chi connectivity index (χ3n) is 3.97. The Balaban J connectivity index is 2.06. The monoisotopic (exact) mass is 241 g/mol. The van der Waals surface area contributed by atoms with E-state index in [1.165, 1.54) is 36.0 Å². The van der Waals surface area contributed by atoms with Crippen molar-refractivity contribution >= 4 is 5.82 Å². The number of nitrogens with two attached hydrogens (primary N) is 1. The minimum atomic E-state index is 0.662. The van der Waals surface area contributed by atoms with Crippen molar-refractivity contribution in [2.24, 2.45) is 7.05 Å². The van der Waals surface area contributed by atoms with E-state index in [0.717, 1.165) is 5.69 Å². The Bertz CT molecular complexity index is 564. The number of benzene rings is 1. The number of hydrogen-bond acceptors (Lipinski definition) is 2. The maximum atomic E-state index is 5.84. The lowest BCUT2D eigenvalue weighted by Gasteiger charge is -2.22. The standard InChI is InChI=1S/C15H19N3/c1-10-4-3-5-11-6-7-12(8-13(10)11)14-9-15(16)18(2)17-14/h6-10H,3-5,16H2,1-2H3. The molecule has 1 aliphatic rings. The van der Waals surface area contributed by atoms with Gasteiger partial charge in [-0.1, -0.05) is 19.1 Å². The molecule has 18 heavy (non-hydrogen) atoms. The van der Waals surface area contributed by atoms with Crippen molar-refractivity contribution in [3.05, 3.63) is 35.4 Å². The molecule has 0 spiro atoms. The van der Waals surface area contributed by atoms with Crippen molar-refractivity contribution in [1.82, 2.24) is 9.78 Å². The first-order valence-electron chi connectivity index (χ1n) is 6.58. The Kier molecular flexibility index (Phi) is 2.62. The molecule has 1 heterocycles. The fourth-order valence-corrected chi connectivity index (χ4v) is 2.82. The number of aromatic nitrogens is 2. The van der Waals surface area contributed by atoms with E-state index in [0.29, 0.717) is 11.7 Å². The third kappa shape index (κ3) is 1.80. The smallest absolute Gasteiger partial charge is 0.121 e. The van der Waals surface area contributed by atoms with Crippen molar-refractivity contribution in [3.8, 4) is 11.3 Å². The van der Waals surface area contributed by atoms with E-state index in [4.69, 9.17) is 5.73 Å². The molecule has 0 saturated carbocycles. The number of hydrogen-bond donors (Lipinski definition) is 1. The zero-order chi connectivity index (χ0) is 12.7. The largest absolute Gasteiger partial charge is 0.384 e. The summed E-state index contributed by atoms with van der Waals surface area (Å²) in [5.74, 6) is 1.37. The Morgan fingerprint density at radius 3 is 2.89 bits per heavy atom. The summed E-state index contributed by atoms with van der Waals surface area (Å²) in [5.41, 5.74) is 11.0. The van der Waals surface area contributed by atoms with Gasteiger partial charge in [-0.05, 0) is 42.4 Å². The van der Waals surface area contributed by atoms with Crippen LogP contribution < -0.4 is 5.73 Å². The van der Waals surface area contributed by atoms with Crippen molar-refractivity contribution < 1.29 is 0 Å². The van der Waals surface area contributed by atoms with E-state index >= 15 is 0 Å². The molecule has 0 fully saturated rings. The molecular formula is C15H19N3. The Morgan fingerprint density at radius 2 is 2.17 bits per heavy atom. The fraction of sp³-hybridized carbons (Fsp3) is 0.400. The van der Waals surface area contributed by atoms with E-state index < -0.39 is 0 Å². The molecule has 3 heteroatoms. The van der Waals surface area contributed by atoms with Crippen LogP contribution in [0.15, 0.2) is 24.3 Å². The Morgan fingerprint density at radius 1 is 1.33 bits per heavy atom. The molecule has 2 aromatic rings. The summed E-state index contributed by atoms with van der Waals surface area (Å²) >= 11 is 0. The minimum Gasteiger partial charge on any atom is -0.384 e. The van der Waals surface area contributed by atoms with Crippen LogP contribution in [0.3, 0.4) is 0 Å². The quantitative estimate of drug-likeness (QED) is 0.833. The molecule has 94 valence electrons. The van der Waals surface area contributed by atoms with Crippen molar-refractivity contribution in [3.63, 3.8) is 0 Å². The van der Waals surface area contributed by atoms with Crippen molar-refractivity contribution in [2.45, 2.75) is 32.1 Å². The Hall–Kier alpha value is -1.77. The molecular weight excluding hydrogens is 222 g/mol. The molecule has 1 atom stereocenters. The zero-order valence-corrected chi connectivity index (χ0v) is 11.0. The summed E-state index contributed by atoms with van der Waals surface area (Å²) in [5, 5.41) is 4.45. The highest BCUT2D eigenvalue weighted by Crippen LogP contribution is 2.34. The minimum absolute atomic E-state index is 0.662. The molecule has 1 unspecified atom stereocenters. The van der Waals surface area contributed by atoms with Gasteiger partial charge in [-0.3, -0.25) is 4.68 Å². The number of fused-ring (bicyclic) bond motifs is 1. The van der Waals surface area contributed by atoms with Crippen molar-refractivity contribution in [2.75, 3.05) is 5.73 Å². The van der Waals surface area contributed by atoms with Gasteiger partial charge < -0.3 is 5.73 Å². The molecule has 3 nitrogen and oxygen atoms in total. The summed E-state index contributed by atoms with van der Waals surface area (Å²) in [4.78, 5) is 0. The second-order valence-corrected chi connectivity index (χ2v) is 5.28. The van der Waals surface area contributed by atoms with Gasteiger partial charge >= 0.3 is 0 Å². The molecule has 0 radical (unpaired) electrons. The van der Waals surface area contributed by atoms with Gasteiger partial charge in [0.15, 0.2) is 0 Å². The van der Waals surface area contributed by atoms with Crippen LogP contribution in [0.4, 0.5) is 5.82 Å². The van der Waals surface area contributed by atoms with E-state index in [1.807, 2.05) is 13.1 Å². The van der Waals surface area contributed by atoms with E-state index in [-0.39, 0.29) is 0 Å². The maximum Gasteiger partial charge on any atom is 0.121 e. The number of anilines is 1. The van der Waals surface area contributed by atoms with Gasteiger partial charge in [0.05, 0.1) is 5.69 Å². The number of aryl methyl sites for hydroxylation is 2. The normalized spacial score (nSPS) is 18.7. The van der Waals surface area contributed by atoms with Gasteiger partial charge in [-0.25, -0.2) is 0 Å². The predicted octanol–water partition coefficient (Wildman–Crippen LogP) is 3.11. The van der Waals surface area contributed by atoms with Gasteiger partial charge in [0.2, 0.25) is 0 Å². The van der Waals surface area contributed by atoms with Crippen LogP contribution in [0.5, 0.6) is 0 Å². The van der Waals surface area contributed by atoms with Crippen molar-refractivity contribution in [1.29, 1.82) is 0 Å². The SMILES string of the molecule is CC1CCCc2ccc(-c3cc(N)n(C)n3)cc21. The second kappa shape index (κ2) is 4.16. The zero-order valence-electron chi connectivity index (χ0n) is 11.0. The average molecular weight is 241 g/mol. The topological polar surface area (TPSA) is 43.8 Å². The molecule has 0 aliphatic heterocycles. The Labute approximate surface area is 108 Å². The van der Waals surface area contributed by atoms with E-state index in [1.54, 1.807) is 4.68 Å². The first-order valence-corrected chi connectivity index (χ1v) is 6.58. The van der Waals surface area contributed by atoms with E-state index in [9.17, 15) is 0 Å². The van der Waals surface area contributed by atoms with Gasteiger partial charge in [0, 0.05) is 18.7 Å². The van der Waals surface area contributed by atoms with Crippen LogP contribution in [0.25, 0.3) is 11.3 Å². The molecule has 1 aromatic carbocycles. The van der Waals surface area contributed by atoms with Gasteiger partial charge in [-0.15, -0.1) is 0 Å². The van der Waals surface area contributed by atoms with Crippen LogP contribution in [0.1, 0.15) is 36.8 Å². The van der Waals surface area contributed by atoms with Crippen LogP contribution in [-0.4, -0.2) is 9.78 Å². The van der Waals surface area contributed by atoms with Gasteiger partial charge in [-0.2, -0.15) is 5.10 Å². The number of rotatable bonds is 1. The summed E-state index contributed by atoms with van der Waals surface area (Å²) in [6, 6.07) is 8.65. The number of nitrogen functional groups attached to an aromatic ring is 1. The summed E-state index contributed by atoms with van der Waals surface area (Å²) < 4.78 is 1.72. The molecule has 2 N–H and O–H groups in total. The summed E-state index contributed by atoms with van der Waals surface area (Å²) in [6.07, 6.45) is 3.81. The van der Waals surface area contributed by atoms with Gasteiger partial charge in [0.25, 0.3) is 0 Å². The maximum absolute atomic E-state index is 5.84. The number of nitrogens with zero attached hydrogens (tertiary/aromatic N) is 2. The predicted molar refractivity (Wildman–Crippen MR) is 74.4 cm³/mol. The van der Waals surface area contributed by atoms with Crippen LogP contribution >= 0.6 is 0 Å². The molecule has 1 aliphatic carbocycles. The fourth-order valence-electron chi connectivity index (χ4n) is 2.82. The highest BCUT2D eigenvalue weighted by Gasteiger charge is 2.17. The van der Waals surface area contributed by atoms with Crippen LogP contribution in [0.2, 0.25) is 0 Å².